The molecule has 0 saturated heterocycles. The lowest BCUT2D eigenvalue weighted by molar-refractivity contribution is 0.269. The Kier molecular flexibility index (Phi) is 3.72. The van der Waals surface area contributed by atoms with E-state index >= 15 is 0 Å². The molecular weight excluding hydrogens is 170 g/mol. The Bertz CT molecular complexity index is 234. The molecule has 0 aliphatic carbocycles. The molecule has 12 heavy (non-hydrogen) atoms. The number of thiophene rings is 1. The van der Waals surface area contributed by atoms with Gasteiger partial charge in [-0.1, -0.05) is 13.3 Å². The van der Waals surface area contributed by atoms with Crippen molar-refractivity contribution in [1.29, 1.82) is 0 Å². The molecule has 1 rings (SSSR count). The molecule has 0 amide bonds. The minimum atomic E-state index is -0.194. The summed E-state index contributed by atoms with van der Waals surface area (Å²) >= 11 is 1.71. The smallest absolute Gasteiger partial charge is 0.0632 e. The highest BCUT2D eigenvalue weighted by Gasteiger charge is 2.06. The molecule has 1 heterocycles. The molecule has 3 N–H and O–H groups in total. The Balaban J connectivity index is 2.63. The van der Waals surface area contributed by atoms with Crippen molar-refractivity contribution >= 4 is 11.3 Å². The van der Waals surface area contributed by atoms with E-state index in [4.69, 9.17) is 10.8 Å². The number of aliphatic hydroxyl groups is 1. The van der Waals surface area contributed by atoms with Crippen molar-refractivity contribution in [3.8, 4) is 0 Å². The van der Waals surface area contributed by atoms with Crippen LogP contribution in [0.15, 0.2) is 12.1 Å². The molecule has 1 atom stereocenters. The fraction of sp³-hybridized carbons (Fsp3) is 0.556. The van der Waals surface area contributed by atoms with Gasteiger partial charge in [0, 0.05) is 9.75 Å². The van der Waals surface area contributed by atoms with Gasteiger partial charge in [-0.25, -0.2) is 0 Å². The Morgan fingerprint density at radius 1 is 1.58 bits per heavy atom. The first-order chi connectivity index (χ1) is 5.77. The lowest BCUT2D eigenvalue weighted by Crippen LogP contribution is -2.12. The van der Waals surface area contributed by atoms with Gasteiger partial charge >= 0.3 is 0 Å². The highest BCUT2D eigenvalue weighted by molar-refractivity contribution is 7.12. The van der Waals surface area contributed by atoms with Gasteiger partial charge in [-0.2, -0.15) is 0 Å². The minimum Gasteiger partial charge on any atom is -0.394 e. The van der Waals surface area contributed by atoms with Crippen molar-refractivity contribution in [2.75, 3.05) is 6.61 Å². The summed E-state index contributed by atoms with van der Waals surface area (Å²) < 4.78 is 0. The molecule has 0 aromatic carbocycles. The minimum absolute atomic E-state index is 0.0338. The Morgan fingerprint density at radius 3 is 2.92 bits per heavy atom. The molecule has 0 aliphatic heterocycles. The lowest BCUT2D eigenvalue weighted by atomic mass is 10.2. The monoisotopic (exact) mass is 185 g/mol. The first kappa shape index (κ1) is 9.71. The fourth-order valence-electron chi connectivity index (χ4n) is 1.06. The van der Waals surface area contributed by atoms with E-state index in [1.54, 1.807) is 11.3 Å². The van der Waals surface area contributed by atoms with E-state index in [1.165, 1.54) is 4.88 Å². The number of rotatable bonds is 4. The van der Waals surface area contributed by atoms with E-state index < -0.39 is 0 Å². The van der Waals surface area contributed by atoms with Crippen molar-refractivity contribution in [1.82, 2.24) is 0 Å². The Labute approximate surface area is 77.0 Å². The maximum absolute atomic E-state index is 8.81. The second-order valence-electron chi connectivity index (χ2n) is 2.84. The normalized spacial score (nSPS) is 13.2. The summed E-state index contributed by atoms with van der Waals surface area (Å²) in [7, 11) is 0. The lowest BCUT2D eigenvalue weighted by Gasteiger charge is -2.02. The van der Waals surface area contributed by atoms with E-state index in [-0.39, 0.29) is 12.6 Å². The first-order valence-corrected chi connectivity index (χ1v) is 5.04. The molecule has 2 nitrogen and oxygen atoms in total. The second-order valence-corrected chi connectivity index (χ2v) is 4.04. The molecule has 0 aliphatic rings. The number of aryl methyl sites for hydroxylation is 1. The highest BCUT2D eigenvalue weighted by atomic mass is 32.1. The summed E-state index contributed by atoms with van der Waals surface area (Å²) in [6, 6.07) is 3.91. The average Bonchev–Trinajstić information content (AvgIpc) is 2.52. The van der Waals surface area contributed by atoms with Crippen LogP contribution in [0.25, 0.3) is 0 Å². The van der Waals surface area contributed by atoms with Gasteiger partial charge in [0.2, 0.25) is 0 Å². The van der Waals surface area contributed by atoms with Crippen LogP contribution in [0.5, 0.6) is 0 Å². The van der Waals surface area contributed by atoms with Crippen LogP contribution in [-0.4, -0.2) is 11.7 Å². The predicted octanol–water partition coefficient (Wildman–Crippen LogP) is 1.69. The van der Waals surface area contributed by atoms with Gasteiger partial charge in [0.15, 0.2) is 0 Å². The molecule has 0 radical (unpaired) electrons. The van der Waals surface area contributed by atoms with Crippen LogP contribution in [0.1, 0.15) is 29.1 Å². The van der Waals surface area contributed by atoms with Crippen molar-refractivity contribution in [3.05, 3.63) is 21.9 Å². The van der Waals surface area contributed by atoms with Crippen molar-refractivity contribution in [2.45, 2.75) is 25.8 Å². The van der Waals surface area contributed by atoms with Gasteiger partial charge in [0.1, 0.15) is 0 Å². The number of aliphatic hydroxyl groups excluding tert-OH is 1. The third-order valence-electron chi connectivity index (χ3n) is 1.74. The van der Waals surface area contributed by atoms with E-state index in [1.807, 2.05) is 6.07 Å². The molecule has 0 bridgehead atoms. The number of nitrogens with two attached hydrogens (primary N) is 1. The van der Waals surface area contributed by atoms with Crippen molar-refractivity contribution < 1.29 is 5.11 Å². The van der Waals surface area contributed by atoms with Gasteiger partial charge < -0.3 is 10.8 Å². The van der Waals surface area contributed by atoms with Gasteiger partial charge in [-0.05, 0) is 18.6 Å². The standard InChI is InChI=1S/C9H15NOS/c1-2-3-7-4-5-9(12-7)8(10)6-11/h4-5,8,11H,2-3,6,10H2,1H3. The SMILES string of the molecule is CCCc1ccc(C(N)CO)s1. The van der Waals surface area contributed by atoms with Gasteiger partial charge in [-0.3, -0.25) is 0 Å². The number of hydrogen-bond acceptors (Lipinski definition) is 3. The summed E-state index contributed by atoms with van der Waals surface area (Å²) in [5.74, 6) is 0. The van der Waals surface area contributed by atoms with Gasteiger partial charge in [0.05, 0.1) is 12.6 Å². The molecule has 3 heteroatoms. The third-order valence-corrected chi connectivity index (χ3v) is 3.02. The van der Waals surface area contributed by atoms with Gasteiger partial charge in [0.25, 0.3) is 0 Å². The van der Waals surface area contributed by atoms with Crippen molar-refractivity contribution in [3.63, 3.8) is 0 Å². The zero-order valence-corrected chi connectivity index (χ0v) is 8.10. The molecule has 1 unspecified atom stereocenters. The third kappa shape index (κ3) is 2.30. The van der Waals surface area contributed by atoms with Crippen LogP contribution < -0.4 is 5.73 Å². The molecule has 1 aromatic heterocycles. The summed E-state index contributed by atoms with van der Waals surface area (Å²) in [6.07, 6.45) is 2.27. The van der Waals surface area contributed by atoms with Crippen LogP contribution in [-0.2, 0) is 6.42 Å². The summed E-state index contributed by atoms with van der Waals surface area (Å²) in [6.45, 7) is 2.19. The van der Waals surface area contributed by atoms with Crippen LogP contribution in [0.3, 0.4) is 0 Å². The fourth-order valence-corrected chi connectivity index (χ4v) is 2.17. The van der Waals surface area contributed by atoms with Crippen molar-refractivity contribution in [2.24, 2.45) is 5.73 Å². The molecule has 0 saturated carbocycles. The molecule has 68 valence electrons. The first-order valence-electron chi connectivity index (χ1n) is 4.23. The van der Waals surface area contributed by atoms with E-state index in [2.05, 4.69) is 13.0 Å². The Hall–Kier alpha value is -0.380. The molecule has 1 aromatic rings. The Morgan fingerprint density at radius 2 is 2.33 bits per heavy atom. The van der Waals surface area contributed by atoms with Crippen LogP contribution in [0.4, 0.5) is 0 Å². The summed E-state index contributed by atoms with van der Waals surface area (Å²) in [4.78, 5) is 2.44. The zero-order chi connectivity index (χ0) is 8.97. The maximum atomic E-state index is 8.81. The largest absolute Gasteiger partial charge is 0.394 e. The van der Waals surface area contributed by atoms with Crippen LogP contribution >= 0.6 is 11.3 Å². The molecule has 0 fully saturated rings. The molecular formula is C9H15NOS. The van der Waals surface area contributed by atoms with E-state index in [0.29, 0.717) is 0 Å². The predicted molar refractivity (Wildman–Crippen MR) is 52.3 cm³/mol. The summed E-state index contributed by atoms with van der Waals surface area (Å²) in [5.41, 5.74) is 5.66. The van der Waals surface area contributed by atoms with E-state index in [9.17, 15) is 0 Å². The molecule has 0 spiro atoms. The topological polar surface area (TPSA) is 46.2 Å². The number of hydrogen-bond donors (Lipinski definition) is 2. The zero-order valence-electron chi connectivity index (χ0n) is 7.29. The quantitative estimate of drug-likeness (QED) is 0.750. The average molecular weight is 185 g/mol. The second kappa shape index (κ2) is 4.60. The summed E-state index contributed by atoms with van der Waals surface area (Å²) in [5, 5.41) is 8.81. The van der Waals surface area contributed by atoms with Crippen LogP contribution in [0, 0.1) is 0 Å². The van der Waals surface area contributed by atoms with Crippen LogP contribution in [0.2, 0.25) is 0 Å². The van der Waals surface area contributed by atoms with Gasteiger partial charge in [-0.15, -0.1) is 11.3 Å². The van der Waals surface area contributed by atoms with E-state index in [0.717, 1.165) is 17.7 Å². The maximum Gasteiger partial charge on any atom is 0.0632 e. The highest BCUT2D eigenvalue weighted by Crippen LogP contribution is 2.22.